The summed E-state index contributed by atoms with van der Waals surface area (Å²) in [4.78, 5) is 30.5. The smallest absolute Gasteiger partial charge is 0.252 e. The first-order valence-electron chi connectivity index (χ1n) is 10.5. The molecular formula is C27H22N2O2. The molecule has 0 unspecified atom stereocenters. The summed E-state index contributed by atoms with van der Waals surface area (Å²) >= 11 is 0. The predicted molar refractivity (Wildman–Crippen MR) is 122 cm³/mol. The number of rotatable bonds is 4. The van der Waals surface area contributed by atoms with Crippen LogP contribution in [-0.4, -0.2) is 30.0 Å². The molecule has 1 N–H and O–H groups in total. The second-order valence-electron chi connectivity index (χ2n) is 7.92. The van der Waals surface area contributed by atoms with Gasteiger partial charge in [0, 0.05) is 24.0 Å². The number of carbonyl (C=O) groups is 2. The van der Waals surface area contributed by atoms with E-state index in [1.165, 1.54) is 0 Å². The summed E-state index contributed by atoms with van der Waals surface area (Å²) < 4.78 is 0. The van der Waals surface area contributed by atoms with E-state index in [0.717, 1.165) is 33.5 Å². The third-order valence-corrected chi connectivity index (χ3v) is 5.92. The second kappa shape index (κ2) is 8.15. The third kappa shape index (κ3) is 3.84. The highest BCUT2D eigenvalue weighted by molar-refractivity contribution is 6.19. The minimum Gasteiger partial charge on any atom is -0.342 e. The summed E-state index contributed by atoms with van der Waals surface area (Å²) in [6.07, 6.45) is 2.93. The molecule has 1 atom stereocenters. The fourth-order valence-corrected chi connectivity index (χ4v) is 4.26. The number of hydrogen-bond acceptors (Lipinski definition) is 3. The quantitative estimate of drug-likeness (QED) is 0.711. The van der Waals surface area contributed by atoms with E-state index in [0.29, 0.717) is 24.9 Å². The van der Waals surface area contributed by atoms with Crippen molar-refractivity contribution in [3.05, 3.63) is 113 Å². The second-order valence-corrected chi connectivity index (χ2v) is 7.92. The molecule has 1 heterocycles. The highest BCUT2D eigenvalue weighted by atomic mass is 16.2. The SMILES string of the molecule is O=C(N[C@@H]1Cc2ccccc2CC1=O)c1ccccc1C1=NCC(c2ccccc2)=C1. The summed E-state index contributed by atoms with van der Waals surface area (Å²) in [6, 6.07) is 25.0. The zero-order chi connectivity index (χ0) is 21.2. The van der Waals surface area contributed by atoms with Crippen LogP contribution in [0.4, 0.5) is 0 Å². The van der Waals surface area contributed by atoms with Crippen molar-refractivity contribution in [1.82, 2.24) is 5.32 Å². The first kappa shape index (κ1) is 19.2. The van der Waals surface area contributed by atoms with Crippen LogP contribution in [0.1, 0.15) is 32.6 Å². The van der Waals surface area contributed by atoms with Crippen molar-refractivity contribution >= 4 is 23.0 Å². The van der Waals surface area contributed by atoms with E-state index >= 15 is 0 Å². The first-order chi connectivity index (χ1) is 15.2. The number of benzene rings is 3. The van der Waals surface area contributed by atoms with E-state index in [1.54, 1.807) is 6.07 Å². The van der Waals surface area contributed by atoms with Gasteiger partial charge in [-0.05, 0) is 34.4 Å². The van der Waals surface area contributed by atoms with E-state index in [1.807, 2.05) is 66.7 Å². The van der Waals surface area contributed by atoms with Crippen molar-refractivity contribution in [3.63, 3.8) is 0 Å². The molecule has 5 rings (SSSR count). The molecule has 1 amide bonds. The first-order valence-corrected chi connectivity index (χ1v) is 10.5. The summed E-state index contributed by atoms with van der Waals surface area (Å²) in [6.45, 7) is 0.590. The van der Waals surface area contributed by atoms with Gasteiger partial charge in [0.25, 0.3) is 5.91 Å². The number of nitrogens with one attached hydrogen (secondary N) is 1. The fraction of sp³-hybridized carbons (Fsp3) is 0.148. The number of carbonyl (C=O) groups excluding carboxylic acids is 2. The minimum absolute atomic E-state index is 0.0500. The minimum atomic E-state index is -0.503. The topological polar surface area (TPSA) is 58.5 Å². The molecule has 4 nitrogen and oxygen atoms in total. The van der Waals surface area contributed by atoms with Gasteiger partial charge in [-0.3, -0.25) is 14.6 Å². The highest BCUT2D eigenvalue weighted by Crippen LogP contribution is 2.24. The number of nitrogens with zero attached hydrogens (tertiary/aromatic N) is 1. The van der Waals surface area contributed by atoms with Gasteiger partial charge in [0.15, 0.2) is 5.78 Å². The van der Waals surface area contributed by atoms with Crippen LogP contribution in [0.3, 0.4) is 0 Å². The molecule has 3 aromatic carbocycles. The Hall–Kier alpha value is -3.79. The van der Waals surface area contributed by atoms with Crippen LogP contribution in [-0.2, 0) is 17.6 Å². The molecule has 1 aliphatic heterocycles. The molecule has 0 bridgehead atoms. The number of Topliss-reactive ketones (excluding diaryl/α,β-unsaturated/α-hetero) is 1. The van der Waals surface area contributed by atoms with E-state index in [-0.39, 0.29) is 11.7 Å². The molecule has 152 valence electrons. The third-order valence-electron chi connectivity index (χ3n) is 5.92. The number of ketones is 1. The van der Waals surface area contributed by atoms with Crippen molar-refractivity contribution in [2.75, 3.05) is 6.54 Å². The zero-order valence-corrected chi connectivity index (χ0v) is 17.0. The van der Waals surface area contributed by atoms with Gasteiger partial charge in [0.05, 0.1) is 18.3 Å². The number of amides is 1. The van der Waals surface area contributed by atoms with Crippen LogP contribution in [0.25, 0.3) is 5.57 Å². The molecule has 0 aromatic heterocycles. The maximum atomic E-state index is 13.2. The lowest BCUT2D eigenvalue weighted by molar-refractivity contribution is -0.120. The normalized spacial score (nSPS) is 17.5. The molecule has 3 aromatic rings. The largest absolute Gasteiger partial charge is 0.342 e. The standard InChI is InChI=1S/C27H22N2O2/c30-26-16-20-11-5-4-10-19(20)14-25(26)29-27(31)23-13-7-6-12-22(23)24-15-21(17-28-24)18-8-2-1-3-9-18/h1-13,15,25H,14,16-17H2,(H,29,31)/t25-/m1/s1. The van der Waals surface area contributed by atoms with Crippen LogP contribution in [0.5, 0.6) is 0 Å². The lowest BCUT2D eigenvalue weighted by Crippen LogP contribution is -2.45. The van der Waals surface area contributed by atoms with Gasteiger partial charge in [0.1, 0.15) is 0 Å². The molecule has 4 heteroatoms. The summed E-state index contributed by atoms with van der Waals surface area (Å²) in [5.41, 5.74) is 6.56. The van der Waals surface area contributed by atoms with Gasteiger partial charge in [0.2, 0.25) is 0 Å². The van der Waals surface area contributed by atoms with Gasteiger partial charge >= 0.3 is 0 Å². The summed E-state index contributed by atoms with van der Waals surface area (Å²) in [7, 11) is 0. The summed E-state index contributed by atoms with van der Waals surface area (Å²) in [5.74, 6) is -0.188. The number of hydrogen-bond donors (Lipinski definition) is 1. The van der Waals surface area contributed by atoms with Crippen molar-refractivity contribution in [1.29, 1.82) is 0 Å². The highest BCUT2D eigenvalue weighted by Gasteiger charge is 2.28. The average Bonchev–Trinajstić information content (AvgIpc) is 3.30. The van der Waals surface area contributed by atoms with Crippen molar-refractivity contribution in [3.8, 4) is 0 Å². The lowest BCUT2D eigenvalue weighted by Gasteiger charge is -2.24. The van der Waals surface area contributed by atoms with E-state index in [4.69, 9.17) is 0 Å². The molecule has 0 spiro atoms. The Labute approximate surface area is 181 Å². The molecule has 0 fully saturated rings. The Morgan fingerprint density at radius 3 is 2.42 bits per heavy atom. The molecule has 1 aliphatic carbocycles. The van der Waals surface area contributed by atoms with E-state index < -0.39 is 6.04 Å². The van der Waals surface area contributed by atoms with E-state index in [2.05, 4.69) is 22.4 Å². The Morgan fingerprint density at radius 1 is 0.871 bits per heavy atom. The maximum Gasteiger partial charge on any atom is 0.252 e. The van der Waals surface area contributed by atoms with Gasteiger partial charge in [-0.25, -0.2) is 0 Å². The predicted octanol–water partition coefficient (Wildman–Crippen LogP) is 4.04. The molecule has 0 saturated carbocycles. The average molecular weight is 406 g/mol. The number of fused-ring (bicyclic) bond motifs is 1. The van der Waals surface area contributed by atoms with Crippen molar-refractivity contribution < 1.29 is 9.59 Å². The van der Waals surface area contributed by atoms with Gasteiger partial charge in [-0.15, -0.1) is 0 Å². The Balaban J connectivity index is 1.38. The molecule has 0 radical (unpaired) electrons. The Morgan fingerprint density at radius 2 is 1.58 bits per heavy atom. The van der Waals surface area contributed by atoms with Crippen LogP contribution in [0.15, 0.2) is 89.9 Å². The monoisotopic (exact) mass is 406 g/mol. The summed E-state index contributed by atoms with van der Waals surface area (Å²) in [5, 5.41) is 2.97. The lowest BCUT2D eigenvalue weighted by atomic mass is 9.87. The fourth-order valence-electron chi connectivity index (χ4n) is 4.26. The van der Waals surface area contributed by atoms with Gasteiger partial charge in [-0.1, -0.05) is 72.8 Å². The van der Waals surface area contributed by atoms with Crippen molar-refractivity contribution in [2.24, 2.45) is 4.99 Å². The molecule has 0 saturated heterocycles. The number of aliphatic imine (C=N–C) groups is 1. The van der Waals surface area contributed by atoms with Crippen LogP contribution in [0, 0.1) is 0 Å². The Bertz CT molecular complexity index is 1220. The molecular weight excluding hydrogens is 384 g/mol. The van der Waals surface area contributed by atoms with Gasteiger partial charge < -0.3 is 5.32 Å². The molecule has 31 heavy (non-hydrogen) atoms. The number of allylic oxidation sites excluding steroid dienone is 1. The molecule has 2 aliphatic rings. The zero-order valence-electron chi connectivity index (χ0n) is 17.0. The maximum absolute atomic E-state index is 13.2. The van der Waals surface area contributed by atoms with Crippen LogP contribution in [0.2, 0.25) is 0 Å². The Kier molecular flexibility index (Phi) is 5.04. The van der Waals surface area contributed by atoms with Crippen molar-refractivity contribution in [2.45, 2.75) is 18.9 Å². The van der Waals surface area contributed by atoms with Crippen LogP contribution >= 0.6 is 0 Å². The van der Waals surface area contributed by atoms with Crippen LogP contribution < -0.4 is 5.32 Å². The van der Waals surface area contributed by atoms with E-state index in [9.17, 15) is 9.59 Å². The van der Waals surface area contributed by atoms with Gasteiger partial charge in [-0.2, -0.15) is 0 Å².